The van der Waals surface area contributed by atoms with E-state index in [1.54, 1.807) is 18.2 Å². The molecule has 8 nitrogen and oxygen atoms in total. The topological polar surface area (TPSA) is 94.2 Å². The molecule has 1 heterocycles. The van der Waals surface area contributed by atoms with E-state index in [-0.39, 0.29) is 13.2 Å². The summed E-state index contributed by atoms with van der Waals surface area (Å²) < 4.78 is 42.9. The molecule has 4 rings (SSSR count). The molecule has 3 aromatic rings. The first-order chi connectivity index (χ1) is 15.8. The molecule has 0 aromatic heterocycles. The van der Waals surface area contributed by atoms with Crippen LogP contribution in [0.3, 0.4) is 0 Å². The maximum absolute atomic E-state index is 12.8. The first-order valence-corrected chi connectivity index (χ1v) is 12.5. The van der Waals surface area contributed by atoms with Gasteiger partial charge in [0.2, 0.25) is 15.9 Å². The number of benzene rings is 3. The van der Waals surface area contributed by atoms with Gasteiger partial charge < -0.3 is 19.5 Å². The number of rotatable bonds is 8. The summed E-state index contributed by atoms with van der Waals surface area (Å²) in [5.41, 5.74) is 0.330. The standard InChI is InChI=1S/C24H26N2O6S/c1-17(26(33(2,28)29)20-8-10-22-23(16-20)32-14-13-31-22)24(27)25-11-12-30-21-9-7-18-5-3-4-6-19(18)15-21/h3-10,15-17H,11-14H2,1-2H3,(H,25,27)/t17-/m0/s1. The molecular formula is C24H26N2O6S. The first kappa shape index (κ1) is 22.7. The zero-order valence-corrected chi connectivity index (χ0v) is 19.3. The van der Waals surface area contributed by atoms with E-state index < -0.39 is 22.0 Å². The zero-order chi connectivity index (χ0) is 23.4. The van der Waals surface area contributed by atoms with Gasteiger partial charge in [-0.05, 0) is 42.0 Å². The summed E-state index contributed by atoms with van der Waals surface area (Å²) in [6, 6.07) is 17.6. The minimum Gasteiger partial charge on any atom is -0.492 e. The van der Waals surface area contributed by atoms with Crippen LogP contribution < -0.4 is 23.8 Å². The van der Waals surface area contributed by atoms with Crippen LogP contribution in [0, 0.1) is 0 Å². The molecule has 0 unspecified atom stereocenters. The molecule has 0 radical (unpaired) electrons. The third-order valence-corrected chi connectivity index (χ3v) is 6.50. The molecule has 0 saturated carbocycles. The predicted octanol–water partition coefficient (Wildman–Crippen LogP) is 2.96. The van der Waals surface area contributed by atoms with E-state index in [9.17, 15) is 13.2 Å². The number of anilines is 1. The molecule has 0 saturated heterocycles. The maximum atomic E-state index is 12.8. The molecule has 174 valence electrons. The first-order valence-electron chi connectivity index (χ1n) is 10.6. The van der Waals surface area contributed by atoms with E-state index in [0.717, 1.165) is 21.3 Å². The molecule has 1 amide bonds. The maximum Gasteiger partial charge on any atom is 0.243 e. The number of fused-ring (bicyclic) bond motifs is 2. The zero-order valence-electron chi connectivity index (χ0n) is 18.5. The van der Waals surface area contributed by atoms with Crippen LogP contribution in [0.1, 0.15) is 6.92 Å². The summed E-state index contributed by atoms with van der Waals surface area (Å²) in [5.74, 6) is 1.26. The van der Waals surface area contributed by atoms with Gasteiger partial charge in [0, 0.05) is 6.07 Å². The smallest absolute Gasteiger partial charge is 0.243 e. The number of nitrogens with one attached hydrogen (secondary N) is 1. The van der Waals surface area contributed by atoms with Crippen LogP contribution >= 0.6 is 0 Å². The number of sulfonamides is 1. The van der Waals surface area contributed by atoms with Crippen molar-refractivity contribution in [1.82, 2.24) is 5.32 Å². The minimum atomic E-state index is -3.74. The van der Waals surface area contributed by atoms with Crippen molar-refractivity contribution in [3.8, 4) is 17.2 Å². The SMILES string of the molecule is C[C@@H](C(=O)NCCOc1ccc2ccccc2c1)N(c1ccc2c(c1)OCCO2)S(C)(=O)=O. The van der Waals surface area contributed by atoms with Gasteiger partial charge in [0.15, 0.2) is 11.5 Å². The summed E-state index contributed by atoms with van der Waals surface area (Å²) in [6.45, 7) is 2.83. The van der Waals surface area contributed by atoms with E-state index in [4.69, 9.17) is 14.2 Å². The quantitative estimate of drug-likeness (QED) is 0.509. The molecule has 0 aliphatic carbocycles. The van der Waals surface area contributed by atoms with Crippen LogP contribution in [0.15, 0.2) is 60.7 Å². The monoisotopic (exact) mass is 470 g/mol. The van der Waals surface area contributed by atoms with Crippen LogP contribution in [-0.2, 0) is 14.8 Å². The molecule has 1 N–H and O–H groups in total. The van der Waals surface area contributed by atoms with E-state index in [2.05, 4.69) is 5.32 Å². The lowest BCUT2D eigenvalue weighted by Crippen LogP contribution is -2.48. The van der Waals surface area contributed by atoms with Crippen molar-refractivity contribution in [1.29, 1.82) is 0 Å². The Labute approximate surface area is 193 Å². The lowest BCUT2D eigenvalue weighted by molar-refractivity contribution is -0.121. The Morgan fingerprint density at radius 2 is 1.76 bits per heavy atom. The van der Waals surface area contributed by atoms with Crippen LogP contribution in [0.5, 0.6) is 17.2 Å². The summed E-state index contributed by atoms with van der Waals surface area (Å²) in [6.07, 6.45) is 1.07. The molecule has 9 heteroatoms. The van der Waals surface area contributed by atoms with Crippen molar-refractivity contribution < 1.29 is 27.4 Å². The van der Waals surface area contributed by atoms with Crippen molar-refractivity contribution in [3.63, 3.8) is 0 Å². The van der Waals surface area contributed by atoms with Crippen molar-refractivity contribution in [2.24, 2.45) is 0 Å². The highest BCUT2D eigenvalue weighted by Crippen LogP contribution is 2.35. The average Bonchev–Trinajstić information content (AvgIpc) is 2.80. The van der Waals surface area contributed by atoms with Crippen LogP contribution in [-0.4, -0.2) is 53.0 Å². The highest BCUT2D eigenvalue weighted by molar-refractivity contribution is 7.92. The largest absolute Gasteiger partial charge is 0.492 e. The summed E-state index contributed by atoms with van der Waals surface area (Å²) in [7, 11) is -3.74. The number of ether oxygens (including phenoxy) is 3. The third kappa shape index (κ3) is 5.31. The molecular weight excluding hydrogens is 444 g/mol. The Kier molecular flexibility index (Phi) is 6.60. The van der Waals surface area contributed by atoms with E-state index in [1.807, 2.05) is 42.5 Å². The minimum absolute atomic E-state index is 0.231. The number of nitrogens with zero attached hydrogens (tertiary/aromatic N) is 1. The summed E-state index contributed by atoms with van der Waals surface area (Å²) >= 11 is 0. The molecule has 0 spiro atoms. The van der Waals surface area contributed by atoms with Crippen LogP contribution in [0.4, 0.5) is 5.69 Å². The van der Waals surface area contributed by atoms with Crippen molar-refractivity contribution >= 4 is 32.4 Å². The van der Waals surface area contributed by atoms with E-state index in [1.165, 1.54) is 6.92 Å². The normalized spacial score (nSPS) is 13.9. The predicted molar refractivity (Wildman–Crippen MR) is 127 cm³/mol. The molecule has 3 aromatic carbocycles. The average molecular weight is 471 g/mol. The van der Waals surface area contributed by atoms with Gasteiger partial charge in [-0.1, -0.05) is 30.3 Å². The van der Waals surface area contributed by atoms with Gasteiger partial charge in [-0.15, -0.1) is 0 Å². The van der Waals surface area contributed by atoms with Crippen LogP contribution in [0.25, 0.3) is 10.8 Å². The molecule has 1 aliphatic heterocycles. The van der Waals surface area contributed by atoms with Gasteiger partial charge in [0.25, 0.3) is 0 Å². The highest BCUT2D eigenvalue weighted by Gasteiger charge is 2.30. The van der Waals surface area contributed by atoms with Crippen molar-refractivity contribution in [3.05, 3.63) is 60.7 Å². The van der Waals surface area contributed by atoms with Gasteiger partial charge in [-0.25, -0.2) is 8.42 Å². The van der Waals surface area contributed by atoms with Gasteiger partial charge in [0.05, 0.1) is 18.5 Å². The molecule has 33 heavy (non-hydrogen) atoms. The number of carbonyl (C=O) groups excluding carboxylic acids is 1. The fourth-order valence-corrected chi connectivity index (χ4v) is 4.89. The molecule has 1 atom stereocenters. The fraction of sp³-hybridized carbons (Fsp3) is 0.292. The van der Waals surface area contributed by atoms with Gasteiger partial charge in [0.1, 0.15) is 31.6 Å². The molecule has 1 aliphatic rings. The molecule has 0 bridgehead atoms. The number of carbonyl (C=O) groups is 1. The van der Waals surface area contributed by atoms with Crippen molar-refractivity contribution in [2.75, 3.05) is 36.9 Å². The van der Waals surface area contributed by atoms with Crippen LogP contribution in [0.2, 0.25) is 0 Å². The second-order valence-electron chi connectivity index (χ2n) is 7.71. The van der Waals surface area contributed by atoms with E-state index in [0.29, 0.717) is 36.1 Å². The Balaban J connectivity index is 1.38. The van der Waals surface area contributed by atoms with Gasteiger partial charge in [-0.3, -0.25) is 9.10 Å². The Morgan fingerprint density at radius 1 is 1.03 bits per heavy atom. The fourth-order valence-electron chi connectivity index (χ4n) is 3.73. The second kappa shape index (κ2) is 9.58. The Hall–Kier alpha value is -3.46. The Bertz CT molecular complexity index is 1260. The number of hydrogen-bond donors (Lipinski definition) is 1. The lowest BCUT2D eigenvalue weighted by Gasteiger charge is -2.29. The summed E-state index contributed by atoms with van der Waals surface area (Å²) in [5, 5.41) is 4.93. The third-order valence-electron chi connectivity index (χ3n) is 5.26. The lowest BCUT2D eigenvalue weighted by atomic mass is 10.1. The van der Waals surface area contributed by atoms with Gasteiger partial charge >= 0.3 is 0 Å². The summed E-state index contributed by atoms with van der Waals surface area (Å²) in [4.78, 5) is 12.8. The second-order valence-corrected chi connectivity index (χ2v) is 9.57. The van der Waals surface area contributed by atoms with E-state index >= 15 is 0 Å². The van der Waals surface area contributed by atoms with Gasteiger partial charge in [-0.2, -0.15) is 0 Å². The number of amides is 1. The molecule has 0 fully saturated rings. The van der Waals surface area contributed by atoms with Crippen molar-refractivity contribution in [2.45, 2.75) is 13.0 Å². The highest BCUT2D eigenvalue weighted by atomic mass is 32.2. The Morgan fingerprint density at radius 3 is 2.52 bits per heavy atom. The number of hydrogen-bond acceptors (Lipinski definition) is 6.